The van der Waals surface area contributed by atoms with Crippen LogP contribution in [0.1, 0.15) is 42.2 Å². The van der Waals surface area contributed by atoms with Gasteiger partial charge in [0.2, 0.25) is 0 Å². The van der Waals surface area contributed by atoms with Crippen LogP contribution < -0.4 is 16.4 Å². The number of hydrogen-bond donors (Lipinski definition) is 2. The monoisotopic (exact) mass is 422 g/mol. The van der Waals surface area contributed by atoms with Crippen LogP contribution in [0.2, 0.25) is 0 Å². The van der Waals surface area contributed by atoms with Gasteiger partial charge in [-0.25, -0.2) is 9.07 Å². The normalized spacial score (nSPS) is 11.0. The van der Waals surface area contributed by atoms with Gasteiger partial charge in [-0.05, 0) is 36.3 Å². The number of nitrogens with zero attached hydrogens (tertiary/aromatic N) is 2. The van der Waals surface area contributed by atoms with E-state index in [1.54, 1.807) is 24.3 Å². The van der Waals surface area contributed by atoms with E-state index in [4.69, 9.17) is 0 Å². The van der Waals surface area contributed by atoms with Crippen LogP contribution in [0.25, 0.3) is 16.8 Å². The number of halogens is 1. The molecule has 2 N–H and O–H groups in total. The maximum atomic E-state index is 12.9. The Balaban J connectivity index is 1.75. The van der Waals surface area contributed by atoms with Gasteiger partial charge in [0.15, 0.2) is 5.69 Å². The highest BCUT2D eigenvalue weighted by Crippen LogP contribution is 2.13. The molecule has 0 aliphatic rings. The molecule has 3 aromatic rings. The lowest BCUT2D eigenvalue weighted by atomic mass is 10.1. The smallest absolute Gasteiger partial charge is 0.268 e. The molecule has 0 aliphatic carbocycles. The number of benzene rings is 2. The molecule has 0 spiro atoms. The zero-order valence-corrected chi connectivity index (χ0v) is 17.1. The molecule has 0 atom stereocenters. The van der Waals surface area contributed by atoms with E-state index in [-0.39, 0.29) is 17.1 Å². The van der Waals surface area contributed by atoms with Crippen molar-refractivity contribution in [3.8, 4) is 0 Å². The standard InChI is InChI=1S/C23H23FN4O3/c1-2-3-6-15-28-23(31)19-8-5-4-7-18(19)21(27-28)22(30)26-25-20(29)14-11-16-9-12-17(24)13-10-16/h4-5,7-14H,2-3,6,15H2,1H3,(H,25,29)(H,26,30)/b14-11+. The van der Waals surface area contributed by atoms with Crippen molar-refractivity contribution in [1.82, 2.24) is 20.6 Å². The number of aromatic nitrogens is 2. The van der Waals surface area contributed by atoms with E-state index in [2.05, 4.69) is 22.9 Å². The molecule has 2 aromatic carbocycles. The molecular formula is C23H23FN4O3. The molecule has 2 amide bonds. The van der Waals surface area contributed by atoms with Crippen LogP contribution in [-0.2, 0) is 11.3 Å². The van der Waals surface area contributed by atoms with Gasteiger partial charge in [-0.2, -0.15) is 5.10 Å². The molecule has 1 aromatic heterocycles. The van der Waals surface area contributed by atoms with E-state index < -0.39 is 11.8 Å². The van der Waals surface area contributed by atoms with Crippen molar-refractivity contribution in [3.05, 3.63) is 82.0 Å². The summed E-state index contributed by atoms with van der Waals surface area (Å²) in [7, 11) is 0. The molecule has 0 unspecified atom stereocenters. The molecule has 0 bridgehead atoms. The van der Waals surface area contributed by atoms with Crippen molar-refractivity contribution < 1.29 is 14.0 Å². The third kappa shape index (κ3) is 5.63. The van der Waals surface area contributed by atoms with Gasteiger partial charge in [0.05, 0.1) is 5.39 Å². The molecule has 0 aliphatic heterocycles. The van der Waals surface area contributed by atoms with Crippen LogP contribution >= 0.6 is 0 Å². The minimum Gasteiger partial charge on any atom is -0.268 e. The van der Waals surface area contributed by atoms with E-state index in [1.165, 1.54) is 41.1 Å². The SMILES string of the molecule is CCCCCn1nc(C(=O)NNC(=O)/C=C/c2ccc(F)cc2)c2ccccc2c1=O. The van der Waals surface area contributed by atoms with Gasteiger partial charge in [-0.15, -0.1) is 0 Å². The average Bonchev–Trinajstić information content (AvgIpc) is 2.79. The summed E-state index contributed by atoms with van der Waals surface area (Å²) >= 11 is 0. The van der Waals surface area contributed by atoms with Gasteiger partial charge >= 0.3 is 0 Å². The number of aryl methyl sites for hydroxylation is 1. The van der Waals surface area contributed by atoms with Crippen molar-refractivity contribution in [2.45, 2.75) is 32.7 Å². The quantitative estimate of drug-likeness (QED) is 0.347. The van der Waals surface area contributed by atoms with Gasteiger partial charge in [0, 0.05) is 18.0 Å². The van der Waals surface area contributed by atoms with E-state index in [1.807, 2.05) is 0 Å². The fourth-order valence-corrected chi connectivity index (χ4v) is 3.03. The molecule has 3 rings (SSSR count). The molecule has 160 valence electrons. The second-order valence-electron chi connectivity index (χ2n) is 6.96. The summed E-state index contributed by atoms with van der Waals surface area (Å²) in [4.78, 5) is 37.4. The van der Waals surface area contributed by atoms with Crippen LogP contribution in [0.5, 0.6) is 0 Å². The number of hydrogen-bond acceptors (Lipinski definition) is 4. The molecule has 0 saturated heterocycles. The Morgan fingerprint density at radius 3 is 2.45 bits per heavy atom. The van der Waals surface area contributed by atoms with Crippen LogP contribution in [-0.4, -0.2) is 21.6 Å². The first-order valence-electron chi connectivity index (χ1n) is 10.0. The Morgan fingerprint density at radius 1 is 1.03 bits per heavy atom. The van der Waals surface area contributed by atoms with Crippen molar-refractivity contribution in [1.29, 1.82) is 0 Å². The van der Waals surface area contributed by atoms with Crippen molar-refractivity contribution in [2.24, 2.45) is 0 Å². The summed E-state index contributed by atoms with van der Waals surface area (Å²) in [5.74, 6) is -1.58. The van der Waals surface area contributed by atoms with Gasteiger partial charge in [-0.1, -0.05) is 50.1 Å². The zero-order valence-electron chi connectivity index (χ0n) is 17.1. The zero-order chi connectivity index (χ0) is 22.2. The van der Waals surface area contributed by atoms with E-state index in [0.29, 0.717) is 22.9 Å². The Kier molecular flexibility index (Phi) is 7.26. The maximum absolute atomic E-state index is 12.9. The Morgan fingerprint density at radius 2 is 1.74 bits per heavy atom. The first kappa shape index (κ1) is 21.9. The van der Waals surface area contributed by atoms with E-state index >= 15 is 0 Å². The maximum Gasteiger partial charge on any atom is 0.290 e. The van der Waals surface area contributed by atoms with Gasteiger partial charge < -0.3 is 0 Å². The third-order valence-electron chi connectivity index (χ3n) is 4.65. The summed E-state index contributed by atoms with van der Waals surface area (Å²) in [6, 6.07) is 12.3. The molecule has 0 radical (unpaired) electrons. The fraction of sp³-hybridized carbons (Fsp3) is 0.217. The minimum atomic E-state index is -0.635. The Hall–Kier alpha value is -3.81. The van der Waals surface area contributed by atoms with Crippen LogP contribution in [0.15, 0.2) is 59.4 Å². The molecule has 0 saturated carbocycles. The molecular weight excluding hydrogens is 399 g/mol. The molecule has 31 heavy (non-hydrogen) atoms. The largest absolute Gasteiger partial charge is 0.290 e. The number of carbonyl (C=O) groups is 2. The van der Waals surface area contributed by atoms with Crippen LogP contribution in [0.3, 0.4) is 0 Å². The number of fused-ring (bicyclic) bond motifs is 1. The predicted molar refractivity (Wildman–Crippen MR) is 117 cm³/mol. The summed E-state index contributed by atoms with van der Waals surface area (Å²) in [5.41, 5.74) is 5.04. The number of amides is 2. The lowest BCUT2D eigenvalue weighted by Crippen LogP contribution is -2.42. The molecule has 7 nitrogen and oxygen atoms in total. The van der Waals surface area contributed by atoms with Crippen molar-refractivity contribution >= 4 is 28.7 Å². The van der Waals surface area contributed by atoms with Crippen LogP contribution in [0.4, 0.5) is 4.39 Å². The van der Waals surface area contributed by atoms with Crippen LogP contribution in [0, 0.1) is 5.82 Å². The van der Waals surface area contributed by atoms with E-state index in [0.717, 1.165) is 19.3 Å². The fourth-order valence-electron chi connectivity index (χ4n) is 3.03. The second-order valence-corrected chi connectivity index (χ2v) is 6.96. The van der Waals surface area contributed by atoms with Crippen molar-refractivity contribution in [3.63, 3.8) is 0 Å². The predicted octanol–water partition coefficient (Wildman–Crippen LogP) is 3.20. The average molecular weight is 422 g/mol. The summed E-state index contributed by atoms with van der Waals surface area (Å²) < 4.78 is 14.2. The number of carbonyl (C=O) groups excluding carboxylic acids is 2. The summed E-state index contributed by atoms with van der Waals surface area (Å²) in [6.07, 6.45) is 5.41. The van der Waals surface area contributed by atoms with Crippen molar-refractivity contribution in [2.75, 3.05) is 0 Å². The number of rotatable bonds is 7. The highest BCUT2D eigenvalue weighted by molar-refractivity contribution is 6.05. The summed E-state index contributed by atoms with van der Waals surface area (Å²) in [5, 5.41) is 5.04. The number of nitrogens with one attached hydrogen (secondary N) is 2. The van der Waals surface area contributed by atoms with Gasteiger partial charge in [0.1, 0.15) is 5.82 Å². The lowest BCUT2D eigenvalue weighted by Gasteiger charge is -2.11. The third-order valence-corrected chi connectivity index (χ3v) is 4.65. The molecule has 1 heterocycles. The van der Waals surface area contributed by atoms with Gasteiger partial charge in [-0.3, -0.25) is 25.2 Å². The van der Waals surface area contributed by atoms with E-state index in [9.17, 15) is 18.8 Å². The number of unbranched alkanes of at least 4 members (excludes halogenated alkanes) is 2. The highest BCUT2D eigenvalue weighted by atomic mass is 19.1. The molecule has 8 heteroatoms. The highest BCUT2D eigenvalue weighted by Gasteiger charge is 2.16. The first-order chi connectivity index (χ1) is 15.0. The Labute approximate surface area is 178 Å². The topological polar surface area (TPSA) is 93.1 Å². The molecule has 0 fully saturated rings. The summed E-state index contributed by atoms with van der Waals surface area (Å²) in [6.45, 7) is 2.47. The minimum absolute atomic E-state index is 0.0505. The Bertz CT molecular complexity index is 1170. The second kappa shape index (κ2) is 10.3. The lowest BCUT2D eigenvalue weighted by molar-refractivity contribution is -0.117. The number of hydrazine groups is 1. The van der Waals surface area contributed by atoms with Gasteiger partial charge in [0.25, 0.3) is 17.4 Å². The first-order valence-corrected chi connectivity index (χ1v) is 10.0.